The third-order valence-electron chi connectivity index (χ3n) is 5.02. The van der Waals surface area contributed by atoms with Crippen LogP contribution in [-0.2, 0) is 11.3 Å². The zero-order valence-corrected chi connectivity index (χ0v) is 16.9. The molecule has 1 aliphatic heterocycles. The molecule has 1 aliphatic rings. The van der Waals surface area contributed by atoms with E-state index in [9.17, 15) is 18.0 Å². The zero-order chi connectivity index (χ0) is 22.5. The fourth-order valence-corrected chi connectivity index (χ4v) is 3.29. The predicted octanol–water partition coefficient (Wildman–Crippen LogP) is 3.90. The van der Waals surface area contributed by atoms with Gasteiger partial charge in [-0.3, -0.25) is 4.79 Å². The van der Waals surface area contributed by atoms with Gasteiger partial charge in [0, 0.05) is 42.8 Å². The summed E-state index contributed by atoms with van der Waals surface area (Å²) < 4.78 is 46.6. The molecule has 1 saturated heterocycles. The number of nitrogens with zero attached hydrogens (tertiary/aromatic N) is 3. The van der Waals surface area contributed by atoms with Crippen LogP contribution >= 0.6 is 0 Å². The Labute approximate surface area is 182 Å². The van der Waals surface area contributed by atoms with Crippen LogP contribution in [0.1, 0.15) is 15.9 Å². The average Bonchev–Trinajstić information content (AvgIpc) is 2.83. The van der Waals surface area contributed by atoms with E-state index in [1.165, 1.54) is 6.20 Å². The smallest absolute Gasteiger partial charge is 0.229 e. The normalized spacial score (nSPS) is 13.7. The van der Waals surface area contributed by atoms with Crippen molar-refractivity contribution < 1.29 is 22.7 Å². The third-order valence-corrected chi connectivity index (χ3v) is 5.02. The number of nitrogens with one attached hydrogen (secondary N) is 2. The first-order valence-electron chi connectivity index (χ1n) is 9.93. The van der Waals surface area contributed by atoms with E-state index in [4.69, 9.17) is 4.74 Å². The second kappa shape index (κ2) is 9.65. The predicted molar refractivity (Wildman–Crippen MR) is 114 cm³/mol. The van der Waals surface area contributed by atoms with E-state index in [-0.39, 0.29) is 17.3 Å². The lowest BCUT2D eigenvalue weighted by Gasteiger charge is -2.28. The summed E-state index contributed by atoms with van der Waals surface area (Å²) in [4.78, 5) is 21.9. The van der Waals surface area contributed by atoms with Crippen molar-refractivity contribution in [3.8, 4) is 0 Å². The van der Waals surface area contributed by atoms with Crippen molar-refractivity contribution in [1.29, 1.82) is 0 Å². The first-order valence-corrected chi connectivity index (χ1v) is 9.93. The van der Waals surface area contributed by atoms with E-state index >= 15 is 0 Å². The van der Waals surface area contributed by atoms with Crippen molar-refractivity contribution in [1.82, 2.24) is 9.97 Å². The summed E-state index contributed by atoms with van der Waals surface area (Å²) >= 11 is 0. The van der Waals surface area contributed by atoms with Gasteiger partial charge in [-0.1, -0.05) is 0 Å². The molecule has 2 heterocycles. The molecular weight excluding hydrogens is 423 g/mol. The van der Waals surface area contributed by atoms with Crippen molar-refractivity contribution in [2.24, 2.45) is 0 Å². The number of anilines is 4. The van der Waals surface area contributed by atoms with Crippen molar-refractivity contribution >= 4 is 29.4 Å². The van der Waals surface area contributed by atoms with Crippen LogP contribution in [-0.4, -0.2) is 42.6 Å². The minimum atomic E-state index is -1.29. The van der Waals surface area contributed by atoms with Gasteiger partial charge in [0.25, 0.3) is 0 Å². The molecule has 0 saturated carbocycles. The Morgan fingerprint density at radius 2 is 1.75 bits per heavy atom. The molecule has 3 aromatic rings. The SMILES string of the molecule is O=Cc1cnc(Nc2ccc(N3CCOCC3)cc2)nc1NCc1c(F)ccc(F)c1F. The topological polar surface area (TPSA) is 79.4 Å². The van der Waals surface area contributed by atoms with Crippen LogP contribution in [0.4, 0.5) is 36.3 Å². The van der Waals surface area contributed by atoms with E-state index in [2.05, 4.69) is 25.5 Å². The Morgan fingerprint density at radius 3 is 2.47 bits per heavy atom. The third kappa shape index (κ3) is 4.80. The highest BCUT2D eigenvalue weighted by Crippen LogP contribution is 2.23. The van der Waals surface area contributed by atoms with Gasteiger partial charge in [0.05, 0.1) is 18.8 Å². The average molecular weight is 443 g/mol. The highest BCUT2D eigenvalue weighted by atomic mass is 19.2. The second-order valence-corrected chi connectivity index (χ2v) is 7.06. The van der Waals surface area contributed by atoms with E-state index in [0.717, 1.165) is 24.8 Å². The van der Waals surface area contributed by atoms with Crippen LogP contribution in [0.15, 0.2) is 42.6 Å². The van der Waals surface area contributed by atoms with Crippen LogP contribution < -0.4 is 15.5 Å². The van der Waals surface area contributed by atoms with Crippen LogP contribution in [0.25, 0.3) is 0 Å². The lowest BCUT2D eigenvalue weighted by atomic mass is 10.2. The van der Waals surface area contributed by atoms with E-state index in [1.54, 1.807) is 0 Å². The molecule has 0 atom stereocenters. The van der Waals surface area contributed by atoms with E-state index in [1.807, 2.05) is 24.3 Å². The fraction of sp³-hybridized carbons (Fsp3) is 0.227. The first-order chi connectivity index (χ1) is 15.5. The summed E-state index contributed by atoms with van der Waals surface area (Å²) in [5.74, 6) is -3.12. The van der Waals surface area contributed by atoms with Gasteiger partial charge in [0.15, 0.2) is 17.9 Å². The number of halogens is 3. The second-order valence-electron chi connectivity index (χ2n) is 7.06. The Balaban J connectivity index is 1.48. The number of morpholine rings is 1. The van der Waals surface area contributed by atoms with Crippen LogP contribution in [0.2, 0.25) is 0 Å². The molecule has 10 heteroatoms. The monoisotopic (exact) mass is 443 g/mol. The van der Waals surface area contributed by atoms with Gasteiger partial charge in [-0.25, -0.2) is 18.2 Å². The molecule has 166 valence electrons. The zero-order valence-electron chi connectivity index (χ0n) is 16.9. The fourth-order valence-electron chi connectivity index (χ4n) is 3.29. The maximum Gasteiger partial charge on any atom is 0.229 e. The molecule has 0 unspecified atom stereocenters. The molecule has 0 spiro atoms. The minimum absolute atomic E-state index is 0.0606. The van der Waals surface area contributed by atoms with Crippen LogP contribution in [0.3, 0.4) is 0 Å². The van der Waals surface area contributed by atoms with Gasteiger partial charge >= 0.3 is 0 Å². The summed E-state index contributed by atoms with van der Waals surface area (Å²) in [6.07, 6.45) is 1.80. The molecular formula is C22H20F3N5O2. The van der Waals surface area contributed by atoms with Crippen molar-refractivity contribution in [3.05, 3.63) is 71.2 Å². The Morgan fingerprint density at radius 1 is 1.03 bits per heavy atom. The van der Waals surface area contributed by atoms with Gasteiger partial charge in [0.1, 0.15) is 11.6 Å². The molecule has 0 radical (unpaired) electrons. The number of aromatic nitrogens is 2. The molecule has 2 N–H and O–H groups in total. The van der Waals surface area contributed by atoms with Crippen molar-refractivity contribution in [2.75, 3.05) is 41.8 Å². The number of carbonyl (C=O) groups is 1. The number of hydrogen-bond donors (Lipinski definition) is 2. The molecule has 7 nitrogen and oxygen atoms in total. The van der Waals surface area contributed by atoms with Gasteiger partial charge < -0.3 is 20.3 Å². The summed E-state index contributed by atoms with van der Waals surface area (Å²) in [5.41, 5.74) is 1.38. The number of hydrogen-bond acceptors (Lipinski definition) is 7. The molecule has 4 rings (SSSR count). The number of ether oxygens (including phenoxy) is 1. The lowest BCUT2D eigenvalue weighted by molar-refractivity contribution is 0.112. The highest BCUT2D eigenvalue weighted by Gasteiger charge is 2.15. The van der Waals surface area contributed by atoms with Crippen LogP contribution in [0, 0.1) is 17.5 Å². The van der Waals surface area contributed by atoms with Crippen molar-refractivity contribution in [2.45, 2.75) is 6.54 Å². The highest BCUT2D eigenvalue weighted by molar-refractivity contribution is 5.82. The number of benzene rings is 2. The Hall–Kier alpha value is -3.66. The maximum atomic E-state index is 13.9. The largest absolute Gasteiger partial charge is 0.378 e. The summed E-state index contributed by atoms with van der Waals surface area (Å²) in [6, 6.07) is 9.20. The standard InChI is InChI=1S/C22H20F3N5O2/c23-18-5-6-19(24)20(25)17(18)12-26-21-14(13-31)11-27-22(29-21)28-15-1-3-16(4-2-15)30-7-9-32-10-8-30/h1-6,11,13H,7-10,12H2,(H2,26,27,28,29). The molecule has 1 fully saturated rings. The van der Waals surface area contributed by atoms with Crippen molar-refractivity contribution in [3.63, 3.8) is 0 Å². The lowest BCUT2D eigenvalue weighted by Crippen LogP contribution is -2.36. The van der Waals surface area contributed by atoms with Gasteiger partial charge in [-0.2, -0.15) is 4.98 Å². The molecule has 0 aliphatic carbocycles. The Kier molecular flexibility index (Phi) is 6.50. The number of carbonyl (C=O) groups excluding carboxylic acids is 1. The number of aldehydes is 1. The Bertz CT molecular complexity index is 1110. The molecule has 0 bridgehead atoms. The van der Waals surface area contributed by atoms with E-state index in [0.29, 0.717) is 31.3 Å². The summed E-state index contributed by atoms with van der Waals surface area (Å²) in [7, 11) is 0. The first kappa shape index (κ1) is 21.6. The summed E-state index contributed by atoms with van der Waals surface area (Å²) in [6.45, 7) is 2.63. The van der Waals surface area contributed by atoms with Gasteiger partial charge in [-0.15, -0.1) is 0 Å². The minimum Gasteiger partial charge on any atom is -0.378 e. The van der Waals surface area contributed by atoms with Gasteiger partial charge in [0.2, 0.25) is 5.95 Å². The molecule has 2 aromatic carbocycles. The molecule has 0 amide bonds. The molecule has 1 aromatic heterocycles. The maximum absolute atomic E-state index is 13.9. The quantitative estimate of drug-likeness (QED) is 0.424. The number of rotatable bonds is 7. The van der Waals surface area contributed by atoms with E-state index < -0.39 is 29.6 Å². The van der Waals surface area contributed by atoms with Gasteiger partial charge in [-0.05, 0) is 36.4 Å². The summed E-state index contributed by atoms with van der Waals surface area (Å²) in [5, 5.41) is 5.71. The molecule has 32 heavy (non-hydrogen) atoms. The van der Waals surface area contributed by atoms with Crippen LogP contribution in [0.5, 0.6) is 0 Å².